The van der Waals surface area contributed by atoms with Crippen molar-refractivity contribution in [1.82, 2.24) is 0 Å². The van der Waals surface area contributed by atoms with Crippen LogP contribution in [0.15, 0.2) is 22.3 Å². The van der Waals surface area contributed by atoms with Gasteiger partial charge in [0.15, 0.2) is 0 Å². The zero-order valence-electron chi connectivity index (χ0n) is 24.8. The van der Waals surface area contributed by atoms with Gasteiger partial charge in [0, 0.05) is 11.3 Å². The first kappa shape index (κ1) is 25.0. The Hall–Kier alpha value is -1.05. The van der Waals surface area contributed by atoms with E-state index in [2.05, 4.69) is 48.5 Å². The van der Waals surface area contributed by atoms with Gasteiger partial charge in [0.05, 0.1) is 5.41 Å². The predicted octanol–water partition coefficient (Wildman–Crippen LogP) is 9.05. The van der Waals surface area contributed by atoms with E-state index in [1.807, 2.05) is 5.57 Å². The molecule has 6 aliphatic carbocycles. The molecule has 10 atom stereocenters. The minimum Gasteiger partial charge on any atom is -0.462 e. The first-order chi connectivity index (χ1) is 17.4. The van der Waals surface area contributed by atoms with Gasteiger partial charge in [-0.05, 0) is 124 Å². The Labute approximate surface area is 226 Å². The van der Waals surface area contributed by atoms with Gasteiger partial charge in [-0.15, -0.1) is 0 Å². The van der Waals surface area contributed by atoms with Crippen LogP contribution in [0, 0.1) is 57.2 Å². The normalized spacial score (nSPS) is 52.7. The number of hydrogen-bond donors (Lipinski definition) is 0. The molecule has 3 saturated carbocycles. The average molecular weight is 505 g/mol. The maximum atomic E-state index is 14.2. The molecular formula is C35H52O2. The lowest BCUT2D eigenvalue weighted by molar-refractivity contribution is -0.153. The van der Waals surface area contributed by atoms with Crippen molar-refractivity contribution in [2.45, 2.75) is 132 Å². The number of rotatable bonds is 1. The maximum Gasteiger partial charge on any atom is 0.313 e. The lowest BCUT2D eigenvalue weighted by Gasteiger charge is -2.52. The zero-order chi connectivity index (χ0) is 26.1. The van der Waals surface area contributed by atoms with Crippen LogP contribution in [0.2, 0.25) is 0 Å². The molecule has 1 aliphatic heterocycles. The van der Waals surface area contributed by atoms with Crippen LogP contribution in [0.25, 0.3) is 0 Å². The molecule has 0 radical (unpaired) electrons. The Morgan fingerprint density at radius 3 is 2.49 bits per heavy atom. The van der Waals surface area contributed by atoms with E-state index < -0.39 is 0 Å². The third-order valence-corrected chi connectivity index (χ3v) is 14.3. The highest BCUT2D eigenvalue weighted by Gasteiger charge is 2.75. The Balaban J connectivity index is 1.31. The molecule has 7 aliphatic rings. The second kappa shape index (κ2) is 7.78. The van der Waals surface area contributed by atoms with Crippen LogP contribution in [0.3, 0.4) is 0 Å². The molecule has 0 N–H and O–H groups in total. The molecule has 2 heteroatoms. The summed E-state index contributed by atoms with van der Waals surface area (Å²) < 4.78 is 6.51. The largest absolute Gasteiger partial charge is 0.462 e. The maximum absolute atomic E-state index is 14.2. The highest BCUT2D eigenvalue weighted by molar-refractivity contribution is 5.83. The van der Waals surface area contributed by atoms with Gasteiger partial charge in [0.1, 0.15) is 6.10 Å². The molecular weight excluding hydrogens is 452 g/mol. The van der Waals surface area contributed by atoms with Gasteiger partial charge in [-0.1, -0.05) is 63.8 Å². The number of esters is 1. The molecule has 1 heterocycles. The molecule has 0 aromatic rings. The van der Waals surface area contributed by atoms with Gasteiger partial charge in [-0.3, -0.25) is 4.79 Å². The third-order valence-electron chi connectivity index (χ3n) is 14.3. The fourth-order valence-corrected chi connectivity index (χ4v) is 12.5. The van der Waals surface area contributed by atoms with Crippen LogP contribution in [-0.2, 0) is 9.53 Å². The van der Waals surface area contributed by atoms with Crippen molar-refractivity contribution in [3.05, 3.63) is 22.3 Å². The van der Waals surface area contributed by atoms with E-state index >= 15 is 0 Å². The van der Waals surface area contributed by atoms with E-state index in [-0.39, 0.29) is 28.3 Å². The Morgan fingerprint density at radius 2 is 1.73 bits per heavy atom. The molecule has 4 fully saturated rings. The van der Waals surface area contributed by atoms with E-state index in [0.717, 1.165) is 37.0 Å². The summed E-state index contributed by atoms with van der Waals surface area (Å²) in [7, 11) is 0. The fourth-order valence-electron chi connectivity index (χ4n) is 12.5. The van der Waals surface area contributed by atoms with Crippen LogP contribution in [0.4, 0.5) is 0 Å². The van der Waals surface area contributed by atoms with Gasteiger partial charge in [0.2, 0.25) is 0 Å². The lowest BCUT2D eigenvalue weighted by Crippen LogP contribution is -2.50. The quantitative estimate of drug-likeness (QED) is 0.263. The van der Waals surface area contributed by atoms with E-state index in [4.69, 9.17) is 4.74 Å². The zero-order valence-corrected chi connectivity index (χ0v) is 24.8. The van der Waals surface area contributed by atoms with Gasteiger partial charge >= 0.3 is 5.97 Å². The van der Waals surface area contributed by atoms with Crippen molar-refractivity contribution in [2.24, 2.45) is 57.2 Å². The summed E-state index contributed by atoms with van der Waals surface area (Å²) in [5, 5.41) is 0. The van der Waals surface area contributed by atoms with Gasteiger partial charge < -0.3 is 4.74 Å². The van der Waals surface area contributed by atoms with Crippen molar-refractivity contribution in [3.63, 3.8) is 0 Å². The molecule has 37 heavy (non-hydrogen) atoms. The minimum atomic E-state index is -0.284. The van der Waals surface area contributed by atoms with Crippen molar-refractivity contribution < 1.29 is 9.53 Å². The molecule has 1 saturated heterocycles. The highest BCUT2D eigenvalue weighted by Crippen LogP contribution is 2.77. The lowest BCUT2D eigenvalue weighted by atomic mass is 9.48. The van der Waals surface area contributed by atoms with E-state index in [1.165, 1.54) is 57.8 Å². The number of allylic oxidation sites excluding steroid dienone is 4. The smallest absolute Gasteiger partial charge is 0.313 e. The predicted molar refractivity (Wildman–Crippen MR) is 150 cm³/mol. The van der Waals surface area contributed by atoms with E-state index in [1.54, 1.807) is 16.7 Å². The van der Waals surface area contributed by atoms with Gasteiger partial charge in [0.25, 0.3) is 0 Å². The molecule has 2 nitrogen and oxygen atoms in total. The number of ether oxygens (including phenoxy) is 1. The summed E-state index contributed by atoms with van der Waals surface area (Å²) in [6.07, 6.45) is 15.2. The van der Waals surface area contributed by atoms with Gasteiger partial charge in [-0.25, -0.2) is 0 Å². The van der Waals surface area contributed by atoms with Crippen molar-refractivity contribution in [2.75, 3.05) is 0 Å². The summed E-state index contributed by atoms with van der Waals surface area (Å²) in [5.74, 6) is 4.38. The molecule has 1 spiro atoms. The van der Waals surface area contributed by atoms with Crippen molar-refractivity contribution >= 4 is 5.97 Å². The standard InChI is InChI=1S/C35H52O2/c1-20(2)24-12-14-33(6)18-28-30(22(4)10-11-25(24)33)23-16-34(28,7)35(17-23)27-15-26-21(3)9-8-13-32(26,5)19-29(27)37-31(35)36/h20,22-25,27,29H,8-19H2,1-7H3/t22-,23+,24+,25-,27-,29+,32+,33+,34+,35-/m0/s1. The molecule has 0 amide bonds. The monoisotopic (exact) mass is 504 g/mol. The first-order valence-corrected chi connectivity index (χ1v) is 16.1. The number of carbonyl (C=O) groups excluding carboxylic acids is 1. The van der Waals surface area contributed by atoms with Crippen LogP contribution in [0.5, 0.6) is 0 Å². The molecule has 0 unspecified atom stereocenters. The summed E-state index contributed by atoms with van der Waals surface area (Å²) in [6, 6.07) is 0. The minimum absolute atomic E-state index is 0.00451. The average Bonchev–Trinajstić information content (AvgIpc) is 3.47. The molecule has 2 bridgehead atoms. The summed E-state index contributed by atoms with van der Waals surface area (Å²) in [5.41, 5.74) is 7.29. The second-order valence-electron chi connectivity index (χ2n) is 16.3. The first-order valence-electron chi connectivity index (χ1n) is 16.1. The summed E-state index contributed by atoms with van der Waals surface area (Å²) in [6.45, 7) is 17.5. The van der Waals surface area contributed by atoms with E-state index in [0.29, 0.717) is 23.2 Å². The third kappa shape index (κ3) is 3.03. The molecule has 7 rings (SSSR count). The fraction of sp³-hybridized carbons (Fsp3) is 0.857. The Morgan fingerprint density at radius 1 is 0.946 bits per heavy atom. The van der Waals surface area contributed by atoms with E-state index in [9.17, 15) is 4.79 Å². The van der Waals surface area contributed by atoms with Crippen molar-refractivity contribution in [3.8, 4) is 0 Å². The van der Waals surface area contributed by atoms with Gasteiger partial charge in [-0.2, -0.15) is 0 Å². The highest BCUT2D eigenvalue weighted by atomic mass is 16.6. The SMILES string of the molecule is CC1=C2C[C@H]3[C@@H](C[C@@]2(C)CCC1)OC(=O)[C@]31C[C@H]2C[C@]1(C)C1=C2[C@@H](C)CC[C@H]2[C@@H](C(C)C)CC[C@]2(C)C1. The number of fused-ring (bicyclic) bond motifs is 9. The topological polar surface area (TPSA) is 26.3 Å². The van der Waals surface area contributed by atoms with Crippen LogP contribution in [-0.4, -0.2) is 12.1 Å². The van der Waals surface area contributed by atoms with Crippen molar-refractivity contribution in [1.29, 1.82) is 0 Å². The van der Waals surface area contributed by atoms with Crippen LogP contribution < -0.4 is 0 Å². The Kier molecular flexibility index (Phi) is 5.25. The Bertz CT molecular complexity index is 1090. The number of carbonyl (C=O) groups is 1. The summed E-state index contributed by atoms with van der Waals surface area (Å²) in [4.78, 5) is 14.2. The summed E-state index contributed by atoms with van der Waals surface area (Å²) >= 11 is 0. The molecule has 0 aromatic carbocycles. The molecule has 204 valence electrons. The number of hydrogen-bond acceptors (Lipinski definition) is 2. The van der Waals surface area contributed by atoms with Crippen LogP contribution in [0.1, 0.15) is 126 Å². The van der Waals surface area contributed by atoms with Crippen LogP contribution >= 0.6 is 0 Å². The second-order valence-corrected chi connectivity index (χ2v) is 16.3. The molecule has 0 aromatic heterocycles.